The van der Waals surface area contributed by atoms with Crippen LogP contribution >= 0.6 is 0 Å². The molecule has 66 heavy (non-hydrogen) atoms. The molecule has 1 aliphatic rings. The van der Waals surface area contributed by atoms with Crippen molar-refractivity contribution in [3.05, 3.63) is 168 Å². The first-order chi connectivity index (χ1) is 32.1. The molecule has 1 aliphatic heterocycles. The zero-order valence-electron chi connectivity index (χ0n) is 36.4. The van der Waals surface area contributed by atoms with Crippen molar-refractivity contribution in [1.29, 1.82) is 0 Å². The average molecular weight is 916 g/mol. The lowest BCUT2D eigenvalue weighted by Gasteiger charge is -2.37. The highest BCUT2D eigenvalue weighted by Crippen LogP contribution is 2.43. The second-order valence-corrected chi connectivity index (χ2v) is 17.5. The molecule has 0 bridgehead atoms. The van der Waals surface area contributed by atoms with Crippen molar-refractivity contribution < 1.29 is 51.5 Å². The summed E-state index contributed by atoms with van der Waals surface area (Å²) in [4.78, 5) is 26.5. The van der Waals surface area contributed by atoms with Gasteiger partial charge in [-0.3, -0.25) is 9.36 Å². The number of methoxy groups -OCH3 is 2. The molecule has 2 aromatic heterocycles. The lowest BCUT2D eigenvalue weighted by Crippen LogP contribution is -2.40. The number of nitrogens with zero attached hydrogens (tertiary/aromatic N) is 4. The van der Waals surface area contributed by atoms with E-state index in [1.54, 1.807) is 67.3 Å². The number of anilines is 1. The van der Waals surface area contributed by atoms with Gasteiger partial charge in [-0.05, 0) is 72.1 Å². The van der Waals surface area contributed by atoms with Gasteiger partial charge in [-0.15, -0.1) is 0 Å². The van der Waals surface area contributed by atoms with E-state index in [1.807, 2.05) is 91.9 Å². The zero-order valence-corrected chi connectivity index (χ0v) is 37.2. The lowest BCUT2D eigenvalue weighted by molar-refractivity contribution is -0.136. The number of aliphatic hydroxyl groups is 1. The number of aliphatic hydroxyl groups excluding tert-OH is 1. The number of sulfone groups is 1. The van der Waals surface area contributed by atoms with Crippen LogP contribution in [0.1, 0.15) is 28.5 Å². The third-order valence-corrected chi connectivity index (χ3v) is 12.9. The Morgan fingerprint density at radius 3 is 2.05 bits per heavy atom. The summed E-state index contributed by atoms with van der Waals surface area (Å²) in [6.45, 7) is 0.858. The molecule has 342 valence electrons. The molecule has 0 saturated carbocycles. The highest BCUT2D eigenvalue weighted by Gasteiger charge is 2.48. The average Bonchev–Trinajstić information content (AvgIpc) is 3.92. The summed E-state index contributed by atoms with van der Waals surface area (Å²) in [7, 11) is -0.451. The van der Waals surface area contributed by atoms with Crippen LogP contribution in [0.15, 0.2) is 151 Å². The van der Waals surface area contributed by atoms with Crippen LogP contribution in [0.5, 0.6) is 17.2 Å². The van der Waals surface area contributed by atoms with E-state index >= 15 is 0 Å². The van der Waals surface area contributed by atoms with Crippen molar-refractivity contribution in [1.82, 2.24) is 19.5 Å². The van der Waals surface area contributed by atoms with Crippen LogP contribution in [0.2, 0.25) is 0 Å². The van der Waals surface area contributed by atoms with Crippen LogP contribution < -0.4 is 19.5 Å². The maximum atomic E-state index is 13.0. The summed E-state index contributed by atoms with van der Waals surface area (Å²) in [5.74, 6) is 1.19. The number of carbonyl (C=O) groups excluding carboxylic acids is 1. The molecular weight excluding hydrogens is 867 g/mol. The monoisotopic (exact) mass is 915 g/mol. The van der Waals surface area contributed by atoms with E-state index < -0.39 is 52.7 Å². The van der Waals surface area contributed by atoms with Crippen molar-refractivity contribution in [2.45, 2.75) is 42.0 Å². The van der Waals surface area contributed by atoms with Crippen LogP contribution in [0, 0.1) is 6.92 Å². The topological polar surface area (TPSA) is 192 Å². The number of fused-ring (bicyclic) bond motifs is 1. The van der Waals surface area contributed by atoms with Gasteiger partial charge in [0.05, 0.1) is 44.4 Å². The molecule has 7 aromatic rings. The predicted octanol–water partition coefficient (Wildman–Crippen LogP) is 6.27. The number of hydrogen-bond acceptors (Lipinski definition) is 14. The van der Waals surface area contributed by atoms with Gasteiger partial charge in [-0.1, -0.05) is 90.5 Å². The molecule has 2 N–H and O–H groups in total. The van der Waals surface area contributed by atoms with Gasteiger partial charge in [0.2, 0.25) is 0 Å². The number of hydrogen-bond donors (Lipinski definition) is 2. The van der Waals surface area contributed by atoms with E-state index in [1.165, 1.54) is 12.7 Å². The number of aryl methyl sites for hydroxylation is 1. The molecule has 3 heterocycles. The summed E-state index contributed by atoms with van der Waals surface area (Å²) in [6.07, 6.45) is -1.83. The van der Waals surface area contributed by atoms with Gasteiger partial charge in [0.1, 0.15) is 54.3 Å². The van der Waals surface area contributed by atoms with Gasteiger partial charge in [-0.25, -0.2) is 23.4 Å². The Labute approximate surface area is 382 Å². The first-order valence-electron chi connectivity index (χ1n) is 21.1. The van der Waals surface area contributed by atoms with E-state index in [9.17, 15) is 18.3 Å². The van der Waals surface area contributed by atoms with E-state index in [4.69, 9.17) is 33.2 Å². The van der Waals surface area contributed by atoms with Gasteiger partial charge >= 0.3 is 0 Å². The van der Waals surface area contributed by atoms with Crippen LogP contribution in [0.3, 0.4) is 0 Å². The summed E-state index contributed by atoms with van der Waals surface area (Å²) >= 11 is 0. The number of nitrogens with one attached hydrogen (secondary N) is 1. The van der Waals surface area contributed by atoms with Crippen LogP contribution in [0.25, 0.3) is 11.2 Å². The molecule has 4 atom stereocenters. The number of imidazole rings is 1. The molecule has 17 heteroatoms. The Bertz CT molecular complexity index is 2750. The Balaban J connectivity index is 1.08. The minimum atomic E-state index is -3.65. The quantitative estimate of drug-likeness (QED) is 0.0494. The Morgan fingerprint density at radius 2 is 1.41 bits per heavy atom. The summed E-state index contributed by atoms with van der Waals surface area (Å²) in [5, 5.41) is 14.9. The maximum Gasteiger partial charge on any atom is 0.263 e. The summed E-state index contributed by atoms with van der Waals surface area (Å²) in [5.41, 5.74) is 2.53. The number of rotatable bonds is 20. The summed E-state index contributed by atoms with van der Waals surface area (Å²) in [6, 6.07) is 40.3. The molecule has 1 fully saturated rings. The standard InChI is InChI=1S/C49H49N5O11S/c1-33-14-24-40(25-15-33)66(57,58)27-26-61-32-63-45-44(56)41(65-48(45)54-31-52-43-46(50-30-51-47(43)54)53-42(55)29-62-39-12-8-5-9-13-39)28-64-49(34-10-6-4-7-11-34,35-16-20-37(59-2)21-17-35)36-18-22-38(60-3)23-19-36/h4-25,30-31,41,44-45,48,56H,26-29,32H2,1-3H3,(H,50,51,53,55)/t41-,44-,45-,48-/m1/s1. The van der Waals surface area contributed by atoms with Crippen molar-refractivity contribution in [2.24, 2.45) is 0 Å². The van der Waals surface area contributed by atoms with E-state index in [0.29, 0.717) is 17.2 Å². The Hall–Kier alpha value is -6.73. The largest absolute Gasteiger partial charge is 0.497 e. The number of amides is 1. The van der Waals surface area contributed by atoms with Crippen LogP contribution in [-0.2, 0) is 39.2 Å². The van der Waals surface area contributed by atoms with Crippen LogP contribution in [-0.4, -0.2) is 104 Å². The van der Waals surface area contributed by atoms with Gasteiger partial charge in [0.25, 0.3) is 5.91 Å². The van der Waals surface area contributed by atoms with Gasteiger partial charge < -0.3 is 43.6 Å². The fourth-order valence-corrected chi connectivity index (χ4v) is 8.85. The third-order valence-electron chi connectivity index (χ3n) is 11.2. The molecule has 16 nitrogen and oxygen atoms in total. The van der Waals surface area contributed by atoms with Crippen molar-refractivity contribution in [3.8, 4) is 17.2 Å². The highest BCUT2D eigenvalue weighted by molar-refractivity contribution is 7.91. The number of ether oxygens (including phenoxy) is 7. The van der Waals surface area contributed by atoms with E-state index in [0.717, 1.165) is 22.3 Å². The number of benzene rings is 5. The fraction of sp³-hybridized carbons (Fsp3) is 0.265. The molecule has 0 unspecified atom stereocenters. The Morgan fingerprint density at radius 1 is 0.788 bits per heavy atom. The molecular formula is C49H49N5O11S. The smallest absolute Gasteiger partial charge is 0.263 e. The zero-order chi connectivity index (χ0) is 46.1. The summed E-state index contributed by atoms with van der Waals surface area (Å²) < 4.78 is 70.0. The Kier molecular flexibility index (Phi) is 14.3. The van der Waals surface area contributed by atoms with Crippen LogP contribution in [0.4, 0.5) is 5.82 Å². The fourth-order valence-electron chi connectivity index (χ4n) is 7.72. The molecule has 0 radical (unpaired) electrons. The van der Waals surface area contributed by atoms with Crippen molar-refractivity contribution in [3.63, 3.8) is 0 Å². The number of carbonyl (C=O) groups is 1. The number of aromatic nitrogens is 4. The van der Waals surface area contributed by atoms with Gasteiger partial charge in [-0.2, -0.15) is 0 Å². The second kappa shape index (κ2) is 20.6. The SMILES string of the molecule is COc1ccc(C(OC[C@H]2O[C@@H](n3cnc4c(NC(=O)COc5ccccc5)ncnc43)[C@H](OCOCCS(=O)(=O)c3ccc(C)cc3)[C@@H]2O)(c2ccccc2)c2ccc(OC)cc2)cc1. The minimum Gasteiger partial charge on any atom is -0.497 e. The normalized spacial score (nSPS) is 17.4. The van der Waals surface area contributed by atoms with Crippen molar-refractivity contribution >= 4 is 32.7 Å². The van der Waals surface area contributed by atoms with E-state index in [-0.39, 0.29) is 47.5 Å². The van der Waals surface area contributed by atoms with Gasteiger partial charge in [0.15, 0.2) is 39.7 Å². The molecule has 0 spiro atoms. The van der Waals surface area contributed by atoms with Gasteiger partial charge in [0, 0.05) is 0 Å². The predicted molar refractivity (Wildman–Crippen MR) is 243 cm³/mol. The minimum absolute atomic E-state index is 0.126. The highest BCUT2D eigenvalue weighted by atomic mass is 32.2. The van der Waals surface area contributed by atoms with Crippen molar-refractivity contribution in [2.75, 3.05) is 51.9 Å². The van der Waals surface area contributed by atoms with E-state index in [2.05, 4.69) is 20.3 Å². The maximum absolute atomic E-state index is 13.0. The molecule has 5 aromatic carbocycles. The molecule has 1 saturated heterocycles. The second-order valence-electron chi connectivity index (χ2n) is 15.4. The molecule has 0 aliphatic carbocycles. The molecule has 1 amide bonds. The first-order valence-corrected chi connectivity index (χ1v) is 22.7. The third kappa shape index (κ3) is 10.1. The lowest BCUT2D eigenvalue weighted by atomic mass is 9.80. The first kappa shape index (κ1) is 45.8. The molecule has 8 rings (SSSR count). The number of para-hydroxylation sites is 1.